The molecule has 0 aliphatic rings. The predicted octanol–water partition coefficient (Wildman–Crippen LogP) is 0.0996. The first-order chi connectivity index (χ1) is 13.4. The van der Waals surface area contributed by atoms with Gasteiger partial charge in [0.1, 0.15) is 0 Å². The van der Waals surface area contributed by atoms with Gasteiger partial charge in [-0.1, -0.05) is 0 Å². The Bertz CT molecular complexity index is 914. The van der Waals surface area contributed by atoms with Gasteiger partial charge in [-0.3, -0.25) is 9.59 Å². The molecule has 0 radical (unpaired) electrons. The number of hydrogen-bond donors (Lipinski definition) is 3. The monoisotopic (exact) mass is 448 g/mol. The van der Waals surface area contributed by atoms with E-state index in [0.717, 1.165) is 0 Å². The molecule has 10 nitrogen and oxygen atoms in total. The second kappa shape index (κ2) is 10.7. The first-order valence-electron chi connectivity index (χ1n) is 9.00. The van der Waals surface area contributed by atoms with Crippen molar-refractivity contribution in [1.82, 2.24) is 14.3 Å². The Kier molecular flexibility index (Phi) is 9.20. The van der Waals surface area contributed by atoms with E-state index in [9.17, 15) is 26.4 Å². The fraction of sp³-hybridized carbons (Fsp3) is 0.529. The Morgan fingerprint density at radius 3 is 2.21 bits per heavy atom. The van der Waals surface area contributed by atoms with Crippen LogP contribution in [0.15, 0.2) is 29.2 Å². The normalized spacial score (nSPS) is 13.1. The van der Waals surface area contributed by atoms with Gasteiger partial charge in [-0.25, -0.2) is 21.1 Å². The third-order valence-corrected chi connectivity index (χ3v) is 7.42. The van der Waals surface area contributed by atoms with Gasteiger partial charge in [0.25, 0.3) is 0 Å². The lowest BCUT2D eigenvalue weighted by molar-refractivity contribution is -0.122. The molecule has 0 fully saturated rings. The summed E-state index contributed by atoms with van der Waals surface area (Å²) in [5, 5.41) is 5.11. The van der Waals surface area contributed by atoms with E-state index in [-0.39, 0.29) is 29.6 Å². The zero-order valence-corrected chi connectivity index (χ0v) is 18.6. The van der Waals surface area contributed by atoms with Gasteiger partial charge < -0.3 is 10.6 Å². The fourth-order valence-electron chi connectivity index (χ4n) is 2.30. The third kappa shape index (κ3) is 8.09. The number of carbonyl (C=O) groups is 2. The molecule has 1 atom stereocenters. The zero-order valence-electron chi connectivity index (χ0n) is 16.9. The Balaban J connectivity index is 2.55. The lowest BCUT2D eigenvalue weighted by Crippen LogP contribution is -2.45. The van der Waals surface area contributed by atoms with Crippen molar-refractivity contribution in [2.75, 3.05) is 31.2 Å². The van der Waals surface area contributed by atoms with Gasteiger partial charge in [0, 0.05) is 32.7 Å². The number of amides is 2. The Labute approximate surface area is 172 Å². The van der Waals surface area contributed by atoms with Crippen LogP contribution in [0.4, 0.5) is 5.69 Å². The van der Waals surface area contributed by atoms with Crippen LogP contribution in [0, 0.1) is 0 Å². The fourth-order valence-corrected chi connectivity index (χ4v) is 4.35. The molecular weight excluding hydrogens is 420 g/mol. The van der Waals surface area contributed by atoms with Crippen molar-refractivity contribution in [3.05, 3.63) is 24.3 Å². The number of anilines is 1. The van der Waals surface area contributed by atoms with Crippen LogP contribution in [0.1, 0.15) is 27.2 Å². The number of carbonyl (C=O) groups excluding carboxylic acids is 2. The molecule has 1 aromatic rings. The van der Waals surface area contributed by atoms with Crippen LogP contribution in [-0.4, -0.2) is 64.9 Å². The summed E-state index contributed by atoms with van der Waals surface area (Å²) < 4.78 is 51.6. The highest BCUT2D eigenvalue weighted by molar-refractivity contribution is 7.89. The zero-order chi connectivity index (χ0) is 22.2. The first kappa shape index (κ1) is 25.0. The molecule has 0 saturated carbocycles. The molecule has 12 heteroatoms. The summed E-state index contributed by atoms with van der Waals surface area (Å²) in [6.45, 7) is 4.76. The van der Waals surface area contributed by atoms with Crippen LogP contribution in [0.2, 0.25) is 0 Å². The summed E-state index contributed by atoms with van der Waals surface area (Å²) >= 11 is 0. The molecule has 2 amide bonds. The van der Waals surface area contributed by atoms with Crippen molar-refractivity contribution >= 4 is 37.5 Å². The van der Waals surface area contributed by atoms with Gasteiger partial charge in [-0.2, -0.15) is 4.72 Å². The standard InChI is InChI=1S/C17H28N4O6S2/c1-5-28(24,25)21(4)12-6-11-18-17(23)13(2)20-29(26,27)16-9-7-15(8-10-16)19-14(3)22/h7-10,13,20H,5-6,11-12H2,1-4H3,(H,18,23)(H,19,22)/t13-/m0/s1. The molecule has 0 spiro atoms. The van der Waals surface area contributed by atoms with E-state index >= 15 is 0 Å². The number of nitrogens with zero attached hydrogens (tertiary/aromatic N) is 1. The molecule has 164 valence electrons. The van der Waals surface area contributed by atoms with Gasteiger partial charge in [-0.15, -0.1) is 0 Å². The minimum Gasteiger partial charge on any atom is -0.355 e. The quantitative estimate of drug-likeness (QED) is 0.410. The van der Waals surface area contributed by atoms with E-state index in [1.807, 2.05) is 0 Å². The van der Waals surface area contributed by atoms with E-state index in [1.54, 1.807) is 6.92 Å². The highest BCUT2D eigenvalue weighted by atomic mass is 32.2. The Morgan fingerprint density at radius 1 is 1.10 bits per heavy atom. The van der Waals surface area contributed by atoms with Crippen molar-refractivity contribution in [1.29, 1.82) is 0 Å². The second-order valence-electron chi connectivity index (χ2n) is 6.42. The molecule has 0 saturated heterocycles. The van der Waals surface area contributed by atoms with Crippen LogP contribution in [-0.2, 0) is 29.6 Å². The minimum absolute atomic E-state index is 0.000463. The van der Waals surface area contributed by atoms with Crippen molar-refractivity contribution in [2.24, 2.45) is 0 Å². The molecular formula is C17H28N4O6S2. The van der Waals surface area contributed by atoms with E-state index in [0.29, 0.717) is 12.1 Å². The van der Waals surface area contributed by atoms with Crippen molar-refractivity contribution in [3.63, 3.8) is 0 Å². The molecule has 0 bridgehead atoms. The summed E-state index contributed by atoms with van der Waals surface area (Å²) in [5.41, 5.74) is 0.456. The van der Waals surface area contributed by atoms with Crippen LogP contribution < -0.4 is 15.4 Å². The number of sulfonamides is 2. The van der Waals surface area contributed by atoms with E-state index in [4.69, 9.17) is 0 Å². The van der Waals surface area contributed by atoms with Crippen LogP contribution in [0.3, 0.4) is 0 Å². The molecule has 1 rings (SSSR count). The second-order valence-corrected chi connectivity index (χ2v) is 10.5. The summed E-state index contributed by atoms with van der Waals surface area (Å²) in [6, 6.07) is 4.51. The maximum absolute atomic E-state index is 12.4. The van der Waals surface area contributed by atoms with E-state index in [2.05, 4.69) is 15.4 Å². The summed E-state index contributed by atoms with van der Waals surface area (Å²) in [7, 11) is -5.73. The average Bonchev–Trinajstić information content (AvgIpc) is 2.64. The molecule has 0 aromatic heterocycles. The maximum Gasteiger partial charge on any atom is 0.241 e. The molecule has 0 heterocycles. The molecule has 1 aromatic carbocycles. The van der Waals surface area contributed by atoms with Gasteiger partial charge in [-0.05, 0) is 44.5 Å². The number of hydrogen-bond acceptors (Lipinski definition) is 6. The molecule has 29 heavy (non-hydrogen) atoms. The van der Waals surface area contributed by atoms with Crippen molar-refractivity contribution in [2.45, 2.75) is 38.1 Å². The highest BCUT2D eigenvalue weighted by Gasteiger charge is 2.22. The lowest BCUT2D eigenvalue weighted by Gasteiger charge is -2.17. The topological polar surface area (TPSA) is 142 Å². The Morgan fingerprint density at radius 2 is 1.69 bits per heavy atom. The van der Waals surface area contributed by atoms with E-state index < -0.39 is 32.0 Å². The van der Waals surface area contributed by atoms with Gasteiger partial charge in [0.15, 0.2) is 0 Å². The van der Waals surface area contributed by atoms with Gasteiger partial charge >= 0.3 is 0 Å². The van der Waals surface area contributed by atoms with Gasteiger partial charge in [0.05, 0.1) is 16.7 Å². The van der Waals surface area contributed by atoms with Crippen LogP contribution in [0.5, 0.6) is 0 Å². The SMILES string of the molecule is CCS(=O)(=O)N(C)CCCNC(=O)[C@H](C)NS(=O)(=O)c1ccc(NC(C)=O)cc1. The first-order valence-corrected chi connectivity index (χ1v) is 12.1. The lowest BCUT2D eigenvalue weighted by atomic mass is 10.3. The third-order valence-electron chi connectivity index (χ3n) is 4.00. The number of nitrogens with one attached hydrogen (secondary N) is 3. The maximum atomic E-state index is 12.4. The van der Waals surface area contributed by atoms with Crippen LogP contribution in [0.25, 0.3) is 0 Å². The number of benzene rings is 1. The molecule has 0 aliphatic heterocycles. The van der Waals surface area contributed by atoms with Gasteiger partial charge in [0.2, 0.25) is 31.9 Å². The summed E-state index contributed by atoms with van der Waals surface area (Å²) in [6.07, 6.45) is 0.394. The average molecular weight is 449 g/mol. The summed E-state index contributed by atoms with van der Waals surface area (Å²) in [5.74, 6) is -0.799. The molecule has 0 unspecified atom stereocenters. The smallest absolute Gasteiger partial charge is 0.241 e. The Hall–Kier alpha value is -2.02. The summed E-state index contributed by atoms with van der Waals surface area (Å²) in [4.78, 5) is 23.1. The molecule has 0 aliphatic carbocycles. The highest BCUT2D eigenvalue weighted by Crippen LogP contribution is 2.14. The van der Waals surface area contributed by atoms with Crippen molar-refractivity contribution < 1.29 is 26.4 Å². The predicted molar refractivity (Wildman–Crippen MR) is 110 cm³/mol. The minimum atomic E-state index is -3.93. The largest absolute Gasteiger partial charge is 0.355 e. The van der Waals surface area contributed by atoms with Crippen LogP contribution >= 0.6 is 0 Å². The number of rotatable bonds is 11. The van der Waals surface area contributed by atoms with E-state index in [1.165, 1.54) is 49.5 Å². The van der Waals surface area contributed by atoms with Crippen molar-refractivity contribution in [3.8, 4) is 0 Å². The molecule has 3 N–H and O–H groups in total.